The summed E-state index contributed by atoms with van der Waals surface area (Å²) in [5, 5.41) is 11.4. The van der Waals surface area contributed by atoms with Gasteiger partial charge >= 0.3 is 5.69 Å². The van der Waals surface area contributed by atoms with E-state index in [1.807, 2.05) is 13.8 Å². The number of ketones is 1. The van der Waals surface area contributed by atoms with Gasteiger partial charge in [0.1, 0.15) is 5.65 Å². The lowest BCUT2D eigenvalue weighted by Crippen LogP contribution is -2.38. The molecule has 0 fully saturated rings. The van der Waals surface area contributed by atoms with Crippen molar-refractivity contribution in [1.29, 1.82) is 0 Å². The molecule has 4 rings (SSSR count). The second-order valence-corrected chi connectivity index (χ2v) is 8.46. The first-order valence-electron chi connectivity index (χ1n) is 9.42. The van der Waals surface area contributed by atoms with E-state index < -0.39 is 16.2 Å². The van der Waals surface area contributed by atoms with Crippen LogP contribution in [0, 0.1) is 15.5 Å². The molecule has 9 nitrogen and oxygen atoms in total. The van der Waals surface area contributed by atoms with Gasteiger partial charge in [-0.3, -0.25) is 28.8 Å². The van der Waals surface area contributed by atoms with E-state index >= 15 is 0 Å². The average Bonchev–Trinajstić information content (AvgIpc) is 2.68. The third-order valence-electron chi connectivity index (χ3n) is 5.57. The van der Waals surface area contributed by atoms with Crippen molar-refractivity contribution in [2.45, 2.75) is 26.7 Å². The number of carbonyl (C=O) groups is 1. The predicted octanol–water partition coefficient (Wildman–Crippen LogP) is 2.36. The Morgan fingerprint density at radius 1 is 1.07 bits per heavy atom. The van der Waals surface area contributed by atoms with E-state index in [-0.39, 0.29) is 34.3 Å². The fourth-order valence-corrected chi connectivity index (χ4v) is 4.17. The molecule has 0 unspecified atom stereocenters. The number of carbonyl (C=O) groups excluding carboxylic acids is 1. The van der Waals surface area contributed by atoms with Crippen LogP contribution in [0.3, 0.4) is 0 Å². The minimum absolute atomic E-state index is 0.104. The quantitative estimate of drug-likeness (QED) is 0.475. The summed E-state index contributed by atoms with van der Waals surface area (Å²) in [6.45, 7) is 3.91. The van der Waals surface area contributed by atoms with E-state index in [0.717, 1.165) is 4.57 Å². The van der Waals surface area contributed by atoms with Gasteiger partial charge < -0.3 is 0 Å². The summed E-state index contributed by atoms with van der Waals surface area (Å²) in [5.41, 5.74) is 0.0152. The van der Waals surface area contributed by atoms with Crippen LogP contribution in [-0.2, 0) is 20.5 Å². The largest absolute Gasteiger partial charge is 0.332 e. The van der Waals surface area contributed by atoms with Crippen LogP contribution in [0.25, 0.3) is 22.2 Å². The molecular weight excluding hydrogens is 388 g/mol. The number of nitro groups is 1. The van der Waals surface area contributed by atoms with Crippen LogP contribution in [0.15, 0.2) is 33.9 Å². The smallest absolute Gasteiger partial charge is 0.294 e. The van der Waals surface area contributed by atoms with Crippen molar-refractivity contribution in [2.75, 3.05) is 0 Å². The molecule has 3 aromatic rings. The SMILES string of the molecule is Cn1c(=O)c2c(-c3cccc([N+](=O)[O-])c3)c3c(nc2n(C)c1=O)CC(C)(C)CC3=O. The molecule has 0 saturated carbocycles. The molecule has 1 aliphatic carbocycles. The topological polar surface area (TPSA) is 117 Å². The van der Waals surface area contributed by atoms with E-state index in [2.05, 4.69) is 4.98 Å². The number of benzene rings is 1. The van der Waals surface area contributed by atoms with Gasteiger partial charge in [0.2, 0.25) is 0 Å². The van der Waals surface area contributed by atoms with E-state index in [1.165, 1.54) is 36.9 Å². The summed E-state index contributed by atoms with van der Waals surface area (Å²) in [7, 11) is 2.86. The van der Waals surface area contributed by atoms with Gasteiger partial charge in [0.25, 0.3) is 11.2 Å². The van der Waals surface area contributed by atoms with Crippen LogP contribution in [0.4, 0.5) is 5.69 Å². The molecule has 0 atom stereocenters. The molecule has 30 heavy (non-hydrogen) atoms. The van der Waals surface area contributed by atoms with E-state index in [9.17, 15) is 24.5 Å². The van der Waals surface area contributed by atoms with E-state index in [0.29, 0.717) is 28.8 Å². The normalized spacial score (nSPS) is 15.3. The molecule has 0 saturated heterocycles. The number of aryl methyl sites for hydroxylation is 1. The Kier molecular flexibility index (Phi) is 4.23. The summed E-state index contributed by atoms with van der Waals surface area (Å²) in [6, 6.07) is 5.82. The highest BCUT2D eigenvalue weighted by atomic mass is 16.6. The van der Waals surface area contributed by atoms with Gasteiger partial charge in [-0.15, -0.1) is 0 Å². The number of hydrogen-bond donors (Lipinski definition) is 0. The molecule has 0 N–H and O–H groups in total. The Morgan fingerprint density at radius 2 is 1.77 bits per heavy atom. The highest BCUT2D eigenvalue weighted by Crippen LogP contribution is 2.41. The van der Waals surface area contributed by atoms with Gasteiger partial charge in [-0.05, 0) is 17.4 Å². The van der Waals surface area contributed by atoms with Crippen LogP contribution >= 0.6 is 0 Å². The maximum Gasteiger partial charge on any atom is 0.332 e. The summed E-state index contributed by atoms with van der Waals surface area (Å²) >= 11 is 0. The fraction of sp³-hybridized carbons (Fsp3) is 0.333. The summed E-state index contributed by atoms with van der Waals surface area (Å²) in [5.74, 6) is -0.173. The lowest BCUT2D eigenvalue weighted by atomic mass is 9.73. The Hall–Kier alpha value is -3.62. The van der Waals surface area contributed by atoms with Crippen molar-refractivity contribution < 1.29 is 9.72 Å². The highest BCUT2D eigenvalue weighted by Gasteiger charge is 2.36. The van der Waals surface area contributed by atoms with Crippen molar-refractivity contribution in [3.05, 3.63) is 66.5 Å². The average molecular weight is 408 g/mol. The van der Waals surface area contributed by atoms with Crippen molar-refractivity contribution in [2.24, 2.45) is 19.5 Å². The number of aromatic nitrogens is 3. The molecule has 0 bridgehead atoms. The number of fused-ring (bicyclic) bond motifs is 2. The standard InChI is InChI=1S/C21H20N4O5/c1-21(2)9-13-16(14(26)10-21)15(11-6-5-7-12(8-11)25(29)30)17-18(22-13)23(3)20(28)24(4)19(17)27/h5-8H,9-10H2,1-4H3. The number of nitrogens with zero attached hydrogens (tertiary/aromatic N) is 4. The van der Waals surface area contributed by atoms with Crippen LogP contribution in [0.5, 0.6) is 0 Å². The summed E-state index contributed by atoms with van der Waals surface area (Å²) < 4.78 is 2.22. The molecule has 0 radical (unpaired) electrons. The number of non-ortho nitro benzene ring substituents is 1. The number of Topliss-reactive ketones (excluding diaryl/α,β-unsaturated/α-hetero) is 1. The highest BCUT2D eigenvalue weighted by molar-refractivity contribution is 6.11. The van der Waals surface area contributed by atoms with Gasteiger partial charge in [-0.2, -0.15) is 0 Å². The molecule has 2 aromatic heterocycles. The van der Waals surface area contributed by atoms with Crippen molar-refractivity contribution >= 4 is 22.5 Å². The zero-order valence-corrected chi connectivity index (χ0v) is 17.1. The minimum atomic E-state index is -0.595. The second kappa shape index (κ2) is 6.45. The molecular formula is C21H20N4O5. The molecule has 154 valence electrons. The number of nitro benzene ring substituents is 1. The molecule has 0 amide bonds. The van der Waals surface area contributed by atoms with E-state index in [1.54, 1.807) is 6.07 Å². The summed E-state index contributed by atoms with van der Waals surface area (Å²) in [6.07, 6.45) is 0.747. The maximum atomic E-state index is 13.2. The third-order valence-corrected chi connectivity index (χ3v) is 5.57. The molecule has 2 heterocycles. The lowest BCUT2D eigenvalue weighted by molar-refractivity contribution is -0.384. The fourth-order valence-electron chi connectivity index (χ4n) is 4.17. The zero-order chi connectivity index (χ0) is 22.0. The molecule has 0 aliphatic heterocycles. The van der Waals surface area contributed by atoms with Crippen molar-refractivity contribution in [3.63, 3.8) is 0 Å². The zero-order valence-electron chi connectivity index (χ0n) is 17.1. The second-order valence-electron chi connectivity index (χ2n) is 8.46. The number of hydrogen-bond acceptors (Lipinski definition) is 6. The Labute approximate surface area is 170 Å². The third kappa shape index (κ3) is 2.85. The molecule has 0 spiro atoms. The predicted molar refractivity (Wildman–Crippen MR) is 111 cm³/mol. The van der Waals surface area contributed by atoms with Crippen LogP contribution in [0.1, 0.15) is 36.3 Å². The van der Waals surface area contributed by atoms with Crippen LogP contribution in [0.2, 0.25) is 0 Å². The van der Waals surface area contributed by atoms with Crippen molar-refractivity contribution in [3.8, 4) is 11.1 Å². The van der Waals surface area contributed by atoms with Crippen LogP contribution < -0.4 is 11.2 Å². The maximum absolute atomic E-state index is 13.2. The number of pyridine rings is 1. The van der Waals surface area contributed by atoms with E-state index in [4.69, 9.17) is 0 Å². The minimum Gasteiger partial charge on any atom is -0.294 e. The van der Waals surface area contributed by atoms with Gasteiger partial charge in [-0.25, -0.2) is 9.78 Å². The van der Waals surface area contributed by atoms with Crippen molar-refractivity contribution in [1.82, 2.24) is 14.1 Å². The first-order valence-corrected chi connectivity index (χ1v) is 9.42. The Bertz CT molecular complexity index is 1380. The molecule has 1 aromatic carbocycles. The monoisotopic (exact) mass is 408 g/mol. The molecule has 9 heteroatoms. The first-order chi connectivity index (χ1) is 14.0. The first kappa shape index (κ1) is 19.7. The molecule has 1 aliphatic rings. The Morgan fingerprint density at radius 3 is 2.43 bits per heavy atom. The van der Waals surface area contributed by atoms with Gasteiger partial charge in [0, 0.05) is 43.8 Å². The van der Waals surface area contributed by atoms with Gasteiger partial charge in [0.05, 0.1) is 16.0 Å². The summed E-state index contributed by atoms with van der Waals surface area (Å²) in [4.78, 5) is 54.1. The van der Waals surface area contributed by atoms with Crippen LogP contribution in [-0.4, -0.2) is 24.8 Å². The number of rotatable bonds is 2. The lowest BCUT2D eigenvalue weighted by Gasteiger charge is -2.31. The van der Waals surface area contributed by atoms with Gasteiger partial charge in [0.15, 0.2) is 5.78 Å². The van der Waals surface area contributed by atoms with Gasteiger partial charge in [-0.1, -0.05) is 26.0 Å². The Balaban J connectivity index is 2.25.